The van der Waals surface area contributed by atoms with E-state index < -0.39 is 0 Å². The van der Waals surface area contributed by atoms with E-state index >= 15 is 0 Å². The van der Waals surface area contributed by atoms with Gasteiger partial charge in [0.25, 0.3) is 0 Å². The Kier molecular flexibility index (Phi) is 6.16. The van der Waals surface area contributed by atoms with Gasteiger partial charge in [0.05, 0.1) is 6.07 Å². The normalized spacial score (nSPS) is 18.3. The molecule has 2 rings (SSSR count). The van der Waals surface area contributed by atoms with E-state index in [0.29, 0.717) is 0 Å². The van der Waals surface area contributed by atoms with Crippen LogP contribution in [0, 0.1) is 18.3 Å². The number of hydrogen-bond donors (Lipinski definition) is 0. The molecule has 0 amide bonds. The zero-order valence-corrected chi connectivity index (χ0v) is 13.3. The van der Waals surface area contributed by atoms with Crippen molar-refractivity contribution in [2.45, 2.75) is 39.2 Å². The summed E-state index contributed by atoms with van der Waals surface area (Å²) >= 11 is 0. The largest absolute Gasteiger partial charge is 0.301 e. The van der Waals surface area contributed by atoms with Gasteiger partial charge in [-0.05, 0) is 26.0 Å². The fourth-order valence-electron chi connectivity index (χ4n) is 2.96. The summed E-state index contributed by atoms with van der Waals surface area (Å²) in [5.41, 5.74) is 2.02. The first-order chi connectivity index (χ1) is 10.3. The third kappa shape index (κ3) is 4.26. The van der Waals surface area contributed by atoms with Gasteiger partial charge in [0.15, 0.2) is 0 Å². The summed E-state index contributed by atoms with van der Waals surface area (Å²) in [6.07, 6.45) is 5.67. The maximum atomic E-state index is 9.56. The van der Waals surface area contributed by atoms with E-state index in [1.807, 2.05) is 19.1 Å². The van der Waals surface area contributed by atoms with Gasteiger partial charge in [0.1, 0.15) is 6.04 Å². The molecule has 0 bridgehead atoms. The van der Waals surface area contributed by atoms with Crippen molar-refractivity contribution < 1.29 is 0 Å². The summed E-state index contributed by atoms with van der Waals surface area (Å²) in [5.74, 6) is 0. The van der Waals surface area contributed by atoms with Gasteiger partial charge >= 0.3 is 0 Å². The molecule has 1 aromatic rings. The number of nitriles is 1. The third-order valence-electron chi connectivity index (χ3n) is 4.31. The lowest BCUT2D eigenvalue weighted by molar-refractivity contribution is 0.112. The van der Waals surface area contributed by atoms with Crippen molar-refractivity contribution >= 4 is 0 Å². The minimum absolute atomic E-state index is 0.156. The van der Waals surface area contributed by atoms with Crippen LogP contribution in [0.2, 0.25) is 0 Å². The quantitative estimate of drug-likeness (QED) is 0.754. The van der Waals surface area contributed by atoms with E-state index in [-0.39, 0.29) is 6.04 Å². The number of aromatic nitrogens is 1. The van der Waals surface area contributed by atoms with Crippen LogP contribution in [0.5, 0.6) is 0 Å². The summed E-state index contributed by atoms with van der Waals surface area (Å²) in [6, 6.07) is 6.26. The van der Waals surface area contributed by atoms with Gasteiger partial charge in [-0.15, -0.1) is 0 Å². The van der Waals surface area contributed by atoms with E-state index in [1.165, 1.54) is 25.8 Å². The van der Waals surface area contributed by atoms with Gasteiger partial charge in [0, 0.05) is 43.6 Å². The second kappa shape index (κ2) is 8.11. The van der Waals surface area contributed by atoms with Crippen LogP contribution in [0.25, 0.3) is 0 Å². The SMILES string of the molecule is CCCCCN1CCN(C(C#N)c2cccnc2C)CC1. The molecule has 0 radical (unpaired) electrons. The Balaban J connectivity index is 1.91. The topological polar surface area (TPSA) is 43.2 Å². The number of aryl methyl sites for hydroxylation is 1. The third-order valence-corrected chi connectivity index (χ3v) is 4.31. The van der Waals surface area contributed by atoms with Gasteiger partial charge in [-0.1, -0.05) is 25.8 Å². The molecule has 1 unspecified atom stereocenters. The predicted molar refractivity (Wildman–Crippen MR) is 84.9 cm³/mol. The number of unbranched alkanes of at least 4 members (excludes halogenated alkanes) is 2. The monoisotopic (exact) mass is 286 g/mol. The molecule has 0 aromatic carbocycles. The zero-order valence-electron chi connectivity index (χ0n) is 13.3. The Morgan fingerprint density at radius 2 is 2.05 bits per heavy atom. The molecule has 114 valence electrons. The van der Waals surface area contributed by atoms with Crippen molar-refractivity contribution in [3.63, 3.8) is 0 Å². The Labute approximate surface area is 128 Å². The minimum Gasteiger partial charge on any atom is -0.301 e. The van der Waals surface area contributed by atoms with E-state index in [1.54, 1.807) is 6.20 Å². The summed E-state index contributed by atoms with van der Waals surface area (Å²) in [5, 5.41) is 9.56. The molecule has 2 heterocycles. The lowest BCUT2D eigenvalue weighted by Gasteiger charge is -2.37. The smallest absolute Gasteiger partial charge is 0.125 e. The molecular weight excluding hydrogens is 260 g/mol. The average Bonchev–Trinajstić information content (AvgIpc) is 2.51. The molecule has 1 fully saturated rings. The van der Waals surface area contributed by atoms with Gasteiger partial charge in [-0.3, -0.25) is 9.88 Å². The molecule has 1 saturated heterocycles. The van der Waals surface area contributed by atoms with Gasteiger partial charge in [-0.2, -0.15) is 5.26 Å². The summed E-state index contributed by atoms with van der Waals surface area (Å²) < 4.78 is 0. The highest BCUT2D eigenvalue weighted by atomic mass is 15.3. The summed E-state index contributed by atoms with van der Waals surface area (Å²) in [6.45, 7) is 9.51. The number of hydrogen-bond acceptors (Lipinski definition) is 4. The Hall–Kier alpha value is -1.44. The molecule has 1 atom stereocenters. The molecule has 0 saturated carbocycles. The van der Waals surface area contributed by atoms with E-state index in [2.05, 4.69) is 27.8 Å². The van der Waals surface area contributed by atoms with E-state index in [0.717, 1.165) is 37.4 Å². The van der Waals surface area contributed by atoms with Crippen molar-refractivity contribution in [2.24, 2.45) is 0 Å². The molecule has 0 aliphatic carbocycles. The maximum Gasteiger partial charge on any atom is 0.125 e. The number of nitrogens with zero attached hydrogens (tertiary/aromatic N) is 4. The van der Waals surface area contributed by atoms with Crippen LogP contribution in [0.4, 0.5) is 0 Å². The van der Waals surface area contributed by atoms with Crippen molar-refractivity contribution in [1.29, 1.82) is 5.26 Å². The molecule has 0 N–H and O–H groups in total. The van der Waals surface area contributed by atoms with Crippen molar-refractivity contribution in [1.82, 2.24) is 14.8 Å². The van der Waals surface area contributed by atoms with Crippen molar-refractivity contribution in [3.05, 3.63) is 29.6 Å². The van der Waals surface area contributed by atoms with Gasteiger partial charge in [-0.25, -0.2) is 0 Å². The second-order valence-corrected chi connectivity index (χ2v) is 5.79. The van der Waals surface area contributed by atoms with Crippen LogP contribution in [0.15, 0.2) is 18.3 Å². The lowest BCUT2D eigenvalue weighted by Crippen LogP contribution is -2.47. The first-order valence-electron chi connectivity index (χ1n) is 8.03. The Morgan fingerprint density at radius 3 is 2.67 bits per heavy atom. The lowest BCUT2D eigenvalue weighted by atomic mass is 10.0. The predicted octanol–water partition coefficient (Wildman–Crippen LogP) is 2.76. The molecule has 4 heteroatoms. The van der Waals surface area contributed by atoms with Crippen molar-refractivity contribution in [3.8, 4) is 6.07 Å². The average molecular weight is 286 g/mol. The van der Waals surface area contributed by atoms with Crippen LogP contribution >= 0.6 is 0 Å². The highest BCUT2D eigenvalue weighted by molar-refractivity contribution is 5.27. The fourth-order valence-corrected chi connectivity index (χ4v) is 2.96. The standard InChI is InChI=1S/C17H26N4/c1-3-4-5-9-20-10-12-21(13-11-20)17(14-18)16-7-6-8-19-15(16)2/h6-8,17H,3-5,9-13H2,1-2H3. The summed E-state index contributed by atoms with van der Waals surface area (Å²) in [4.78, 5) is 9.14. The highest BCUT2D eigenvalue weighted by Gasteiger charge is 2.25. The highest BCUT2D eigenvalue weighted by Crippen LogP contribution is 2.23. The molecular formula is C17H26N4. The van der Waals surface area contributed by atoms with Crippen molar-refractivity contribution in [2.75, 3.05) is 32.7 Å². The van der Waals surface area contributed by atoms with Crippen LogP contribution in [0.1, 0.15) is 43.5 Å². The summed E-state index contributed by atoms with van der Waals surface area (Å²) in [7, 11) is 0. The van der Waals surface area contributed by atoms with Crippen LogP contribution in [-0.4, -0.2) is 47.5 Å². The van der Waals surface area contributed by atoms with Crippen LogP contribution in [-0.2, 0) is 0 Å². The number of piperazine rings is 1. The first-order valence-corrected chi connectivity index (χ1v) is 8.03. The zero-order chi connectivity index (χ0) is 15.1. The first kappa shape index (κ1) is 15.9. The van der Waals surface area contributed by atoms with E-state index in [9.17, 15) is 5.26 Å². The van der Waals surface area contributed by atoms with E-state index in [4.69, 9.17) is 0 Å². The molecule has 21 heavy (non-hydrogen) atoms. The minimum atomic E-state index is -0.156. The molecule has 1 aliphatic rings. The molecule has 0 spiro atoms. The van der Waals surface area contributed by atoms with Crippen LogP contribution in [0.3, 0.4) is 0 Å². The number of rotatable bonds is 6. The molecule has 4 nitrogen and oxygen atoms in total. The molecule has 1 aromatic heterocycles. The Bertz CT molecular complexity index is 472. The fraction of sp³-hybridized carbons (Fsp3) is 0.647. The second-order valence-electron chi connectivity index (χ2n) is 5.79. The number of pyridine rings is 1. The van der Waals surface area contributed by atoms with Gasteiger partial charge in [0.2, 0.25) is 0 Å². The maximum absolute atomic E-state index is 9.56. The van der Waals surface area contributed by atoms with Gasteiger partial charge < -0.3 is 4.90 Å². The molecule has 1 aliphatic heterocycles. The van der Waals surface area contributed by atoms with Crippen LogP contribution < -0.4 is 0 Å². The Morgan fingerprint density at radius 1 is 1.29 bits per heavy atom.